The average molecular weight is 203 g/mol. The van der Waals surface area contributed by atoms with Crippen molar-refractivity contribution in [2.45, 2.75) is 19.9 Å². The molecular weight excluding hydrogens is 186 g/mol. The lowest BCUT2D eigenvalue weighted by atomic mass is 10.0. The highest BCUT2D eigenvalue weighted by Gasteiger charge is 2.22. The van der Waals surface area contributed by atoms with Gasteiger partial charge in [0.15, 0.2) is 0 Å². The number of carbonyl (C=O) groups is 2. The van der Waals surface area contributed by atoms with E-state index in [-0.39, 0.29) is 25.0 Å². The van der Waals surface area contributed by atoms with Crippen LogP contribution in [0.5, 0.6) is 0 Å². The van der Waals surface area contributed by atoms with Crippen molar-refractivity contribution in [2.24, 2.45) is 11.7 Å². The number of rotatable bonds is 5. The Morgan fingerprint density at radius 3 is 2.36 bits per heavy atom. The van der Waals surface area contributed by atoms with Crippen molar-refractivity contribution in [1.29, 1.82) is 0 Å². The third-order valence-electron chi connectivity index (χ3n) is 1.66. The third kappa shape index (κ3) is 4.66. The van der Waals surface area contributed by atoms with Crippen molar-refractivity contribution in [2.75, 3.05) is 13.2 Å². The van der Waals surface area contributed by atoms with E-state index in [9.17, 15) is 9.59 Å². The molecule has 6 nitrogen and oxygen atoms in total. The molecular formula is C8H17N3O3. The largest absolute Gasteiger partial charge is 0.395 e. The van der Waals surface area contributed by atoms with Crippen LogP contribution < -0.4 is 16.4 Å². The van der Waals surface area contributed by atoms with Crippen LogP contribution in [-0.2, 0) is 4.79 Å². The molecule has 82 valence electrons. The number of carbonyl (C=O) groups excluding carboxylic acids is 2. The van der Waals surface area contributed by atoms with Crippen molar-refractivity contribution in [3.05, 3.63) is 0 Å². The summed E-state index contributed by atoms with van der Waals surface area (Å²) in [6.07, 6.45) is 0. The summed E-state index contributed by atoms with van der Waals surface area (Å²) in [5, 5.41) is 13.3. The van der Waals surface area contributed by atoms with Crippen molar-refractivity contribution < 1.29 is 14.7 Å². The maximum atomic E-state index is 11.4. The Morgan fingerprint density at radius 1 is 1.43 bits per heavy atom. The van der Waals surface area contributed by atoms with Gasteiger partial charge >= 0.3 is 6.03 Å². The lowest BCUT2D eigenvalue weighted by Crippen LogP contribution is -2.51. The molecule has 0 aliphatic carbocycles. The van der Waals surface area contributed by atoms with E-state index < -0.39 is 12.1 Å². The Kier molecular flexibility index (Phi) is 5.62. The minimum atomic E-state index is -0.733. The first kappa shape index (κ1) is 12.7. The zero-order chi connectivity index (χ0) is 11.1. The lowest BCUT2D eigenvalue weighted by Gasteiger charge is -2.20. The fourth-order valence-corrected chi connectivity index (χ4v) is 0.977. The number of primary amides is 1. The molecule has 0 aliphatic rings. The smallest absolute Gasteiger partial charge is 0.312 e. The Hall–Kier alpha value is -1.30. The van der Waals surface area contributed by atoms with Crippen LogP contribution in [0.1, 0.15) is 13.8 Å². The van der Waals surface area contributed by atoms with Crippen molar-refractivity contribution >= 4 is 11.9 Å². The number of hydrogen-bond donors (Lipinski definition) is 4. The van der Waals surface area contributed by atoms with Crippen LogP contribution in [0.25, 0.3) is 0 Å². The van der Waals surface area contributed by atoms with Crippen LogP contribution in [0.3, 0.4) is 0 Å². The van der Waals surface area contributed by atoms with E-state index in [0.717, 1.165) is 0 Å². The van der Waals surface area contributed by atoms with Crippen LogP contribution in [0.2, 0.25) is 0 Å². The van der Waals surface area contributed by atoms with Crippen LogP contribution in [0.4, 0.5) is 4.79 Å². The number of nitrogens with one attached hydrogen (secondary N) is 2. The Bertz CT molecular complexity index is 206. The van der Waals surface area contributed by atoms with E-state index in [2.05, 4.69) is 10.6 Å². The Labute approximate surface area is 82.9 Å². The van der Waals surface area contributed by atoms with Gasteiger partial charge in [0.05, 0.1) is 6.61 Å². The molecule has 0 aromatic carbocycles. The van der Waals surface area contributed by atoms with Gasteiger partial charge in [-0.05, 0) is 5.92 Å². The summed E-state index contributed by atoms with van der Waals surface area (Å²) in [5.74, 6) is -0.394. The van der Waals surface area contributed by atoms with Gasteiger partial charge in [-0.3, -0.25) is 4.79 Å². The molecule has 0 aliphatic heterocycles. The molecule has 0 fully saturated rings. The zero-order valence-electron chi connectivity index (χ0n) is 8.41. The van der Waals surface area contributed by atoms with Gasteiger partial charge in [0.25, 0.3) is 0 Å². The summed E-state index contributed by atoms with van der Waals surface area (Å²) in [5.41, 5.74) is 4.92. The van der Waals surface area contributed by atoms with Gasteiger partial charge in [0.1, 0.15) is 6.04 Å². The maximum Gasteiger partial charge on any atom is 0.312 e. The monoisotopic (exact) mass is 203 g/mol. The summed E-state index contributed by atoms with van der Waals surface area (Å²) < 4.78 is 0. The zero-order valence-corrected chi connectivity index (χ0v) is 8.41. The third-order valence-corrected chi connectivity index (χ3v) is 1.66. The second kappa shape index (κ2) is 6.20. The number of nitrogens with two attached hydrogens (primary N) is 1. The lowest BCUT2D eigenvalue weighted by molar-refractivity contribution is -0.124. The normalized spacial score (nSPS) is 12.3. The van der Waals surface area contributed by atoms with Gasteiger partial charge in [-0.25, -0.2) is 4.79 Å². The second-order valence-corrected chi connectivity index (χ2v) is 3.24. The molecule has 0 rings (SSSR count). The molecule has 0 saturated carbocycles. The van der Waals surface area contributed by atoms with E-state index in [1.807, 2.05) is 0 Å². The number of aliphatic hydroxyl groups is 1. The summed E-state index contributed by atoms with van der Waals surface area (Å²) in [6.45, 7) is 3.62. The minimum Gasteiger partial charge on any atom is -0.395 e. The van der Waals surface area contributed by atoms with Gasteiger partial charge in [0.2, 0.25) is 5.91 Å². The molecule has 0 spiro atoms. The molecule has 3 amide bonds. The molecule has 0 heterocycles. The quantitative estimate of drug-likeness (QED) is 0.450. The standard InChI is InChI=1S/C8H17N3O3/c1-5(2)6(11-8(9)14)7(13)10-3-4-12/h5-6,12H,3-4H2,1-2H3,(H,10,13)(H3,9,11,14). The Morgan fingerprint density at radius 2 is 2.00 bits per heavy atom. The van der Waals surface area contributed by atoms with Crippen LogP contribution >= 0.6 is 0 Å². The first-order valence-corrected chi connectivity index (χ1v) is 4.43. The SMILES string of the molecule is CC(C)C(NC(N)=O)C(=O)NCCO. The molecule has 0 radical (unpaired) electrons. The number of amides is 3. The number of hydrogen-bond acceptors (Lipinski definition) is 3. The highest BCUT2D eigenvalue weighted by molar-refractivity contribution is 5.86. The molecule has 0 saturated heterocycles. The molecule has 14 heavy (non-hydrogen) atoms. The topological polar surface area (TPSA) is 104 Å². The molecule has 0 aromatic heterocycles. The van der Waals surface area contributed by atoms with Crippen LogP contribution in [-0.4, -0.2) is 36.2 Å². The second-order valence-electron chi connectivity index (χ2n) is 3.24. The number of aliphatic hydroxyl groups excluding tert-OH is 1. The van der Waals surface area contributed by atoms with Crippen molar-refractivity contribution in [1.82, 2.24) is 10.6 Å². The van der Waals surface area contributed by atoms with E-state index in [1.54, 1.807) is 13.8 Å². The first-order valence-electron chi connectivity index (χ1n) is 4.43. The van der Waals surface area contributed by atoms with E-state index >= 15 is 0 Å². The van der Waals surface area contributed by atoms with Gasteiger partial charge in [0, 0.05) is 6.54 Å². The van der Waals surface area contributed by atoms with Crippen molar-refractivity contribution in [3.63, 3.8) is 0 Å². The summed E-state index contributed by atoms with van der Waals surface area (Å²) >= 11 is 0. The average Bonchev–Trinajstić information content (AvgIpc) is 2.09. The highest BCUT2D eigenvalue weighted by atomic mass is 16.3. The van der Waals surface area contributed by atoms with Gasteiger partial charge in [-0.15, -0.1) is 0 Å². The molecule has 5 N–H and O–H groups in total. The summed E-state index contributed by atoms with van der Waals surface area (Å²) in [4.78, 5) is 22.0. The predicted molar refractivity (Wildman–Crippen MR) is 51.4 cm³/mol. The fourth-order valence-electron chi connectivity index (χ4n) is 0.977. The first-order chi connectivity index (χ1) is 6.49. The molecule has 6 heteroatoms. The van der Waals surface area contributed by atoms with E-state index in [4.69, 9.17) is 10.8 Å². The van der Waals surface area contributed by atoms with Crippen molar-refractivity contribution in [3.8, 4) is 0 Å². The van der Waals surface area contributed by atoms with Crippen LogP contribution in [0, 0.1) is 5.92 Å². The highest BCUT2D eigenvalue weighted by Crippen LogP contribution is 2.00. The fraction of sp³-hybridized carbons (Fsp3) is 0.750. The van der Waals surface area contributed by atoms with E-state index in [0.29, 0.717) is 0 Å². The molecule has 0 aromatic rings. The molecule has 0 bridgehead atoms. The maximum absolute atomic E-state index is 11.4. The molecule has 1 atom stereocenters. The molecule has 1 unspecified atom stereocenters. The number of urea groups is 1. The van der Waals surface area contributed by atoms with Gasteiger partial charge in [-0.2, -0.15) is 0 Å². The Balaban J connectivity index is 4.19. The predicted octanol–water partition coefficient (Wildman–Crippen LogP) is -1.21. The van der Waals surface area contributed by atoms with Gasteiger partial charge in [-0.1, -0.05) is 13.8 Å². The van der Waals surface area contributed by atoms with Crippen LogP contribution in [0.15, 0.2) is 0 Å². The minimum absolute atomic E-state index is 0.0545. The van der Waals surface area contributed by atoms with E-state index in [1.165, 1.54) is 0 Å². The summed E-state index contributed by atoms with van der Waals surface area (Å²) in [7, 11) is 0. The summed E-state index contributed by atoms with van der Waals surface area (Å²) in [6, 6.07) is -1.39. The van der Waals surface area contributed by atoms with Gasteiger partial charge < -0.3 is 21.5 Å².